The first-order valence-corrected chi connectivity index (χ1v) is 11.2. The highest BCUT2D eigenvalue weighted by molar-refractivity contribution is 5.94. The fourth-order valence-electron chi connectivity index (χ4n) is 3.75. The standard InChI is InChI=1S/C24H31N5O3/c1-18-16-22-23(17-19(18)2)29(27-26-22)9-3-13-32-21-6-4-20(5-7-21)24(30)25-8-10-28-11-14-31-15-12-28/h4-7,16-17H,3,8-15H2,1-2H3,(H,25,30). The van der Waals surface area contributed by atoms with Gasteiger partial charge >= 0.3 is 0 Å². The lowest BCUT2D eigenvalue weighted by Crippen LogP contribution is -2.41. The maximum atomic E-state index is 12.3. The number of carbonyl (C=O) groups is 1. The zero-order valence-corrected chi connectivity index (χ0v) is 18.8. The van der Waals surface area contributed by atoms with E-state index >= 15 is 0 Å². The summed E-state index contributed by atoms with van der Waals surface area (Å²) < 4.78 is 13.1. The van der Waals surface area contributed by atoms with Crippen molar-refractivity contribution >= 4 is 16.9 Å². The molecule has 1 saturated heterocycles. The van der Waals surface area contributed by atoms with Crippen LogP contribution in [-0.4, -0.2) is 71.8 Å². The zero-order valence-electron chi connectivity index (χ0n) is 18.8. The van der Waals surface area contributed by atoms with E-state index in [-0.39, 0.29) is 5.91 Å². The molecule has 1 aromatic heterocycles. The number of hydrogen-bond donors (Lipinski definition) is 1. The Morgan fingerprint density at radius 3 is 2.62 bits per heavy atom. The summed E-state index contributed by atoms with van der Waals surface area (Å²) in [5.74, 6) is 0.693. The summed E-state index contributed by atoms with van der Waals surface area (Å²) in [4.78, 5) is 14.6. The number of fused-ring (bicyclic) bond motifs is 1. The monoisotopic (exact) mass is 437 g/mol. The number of nitrogens with zero attached hydrogens (tertiary/aromatic N) is 4. The van der Waals surface area contributed by atoms with Crippen LogP contribution < -0.4 is 10.1 Å². The molecule has 0 saturated carbocycles. The molecule has 0 unspecified atom stereocenters. The summed E-state index contributed by atoms with van der Waals surface area (Å²) in [6.45, 7) is 10.4. The third-order valence-corrected chi connectivity index (χ3v) is 5.85. The van der Waals surface area contributed by atoms with Crippen LogP contribution in [0.4, 0.5) is 0 Å². The second-order valence-electron chi connectivity index (χ2n) is 8.17. The Hall–Kier alpha value is -2.97. The van der Waals surface area contributed by atoms with Gasteiger partial charge in [0.25, 0.3) is 5.91 Å². The lowest BCUT2D eigenvalue weighted by atomic mass is 10.1. The summed E-state index contributed by atoms with van der Waals surface area (Å²) >= 11 is 0. The SMILES string of the molecule is Cc1cc2nnn(CCCOc3ccc(C(=O)NCCN4CCOCC4)cc3)c2cc1C. The average Bonchev–Trinajstić information content (AvgIpc) is 3.19. The van der Waals surface area contributed by atoms with Gasteiger partial charge in [0, 0.05) is 44.7 Å². The molecular weight excluding hydrogens is 406 g/mol. The van der Waals surface area contributed by atoms with Crippen molar-refractivity contribution in [3.05, 3.63) is 53.1 Å². The van der Waals surface area contributed by atoms with Crippen molar-refractivity contribution in [2.75, 3.05) is 46.0 Å². The predicted octanol–water partition coefficient (Wildman–Crippen LogP) is 2.58. The van der Waals surface area contributed by atoms with Crippen LogP contribution in [0.5, 0.6) is 5.75 Å². The molecule has 0 radical (unpaired) electrons. The second kappa shape index (κ2) is 10.6. The highest BCUT2D eigenvalue weighted by Crippen LogP contribution is 2.18. The third kappa shape index (κ3) is 5.63. The molecule has 1 amide bonds. The van der Waals surface area contributed by atoms with Crippen LogP contribution in [-0.2, 0) is 11.3 Å². The molecule has 170 valence electrons. The molecule has 2 heterocycles. The Morgan fingerprint density at radius 1 is 1.09 bits per heavy atom. The molecule has 0 spiro atoms. The molecule has 0 atom stereocenters. The highest BCUT2D eigenvalue weighted by atomic mass is 16.5. The largest absolute Gasteiger partial charge is 0.494 e. The van der Waals surface area contributed by atoms with Crippen molar-refractivity contribution in [3.8, 4) is 5.75 Å². The lowest BCUT2D eigenvalue weighted by molar-refractivity contribution is 0.0383. The van der Waals surface area contributed by atoms with Crippen molar-refractivity contribution in [2.45, 2.75) is 26.8 Å². The van der Waals surface area contributed by atoms with Crippen molar-refractivity contribution in [2.24, 2.45) is 0 Å². The van der Waals surface area contributed by atoms with Crippen LogP contribution in [0.3, 0.4) is 0 Å². The van der Waals surface area contributed by atoms with Gasteiger partial charge in [-0.2, -0.15) is 0 Å². The first kappa shape index (κ1) is 22.2. The van der Waals surface area contributed by atoms with E-state index in [4.69, 9.17) is 9.47 Å². The number of ether oxygens (including phenoxy) is 2. The van der Waals surface area contributed by atoms with Crippen molar-refractivity contribution < 1.29 is 14.3 Å². The summed E-state index contributed by atoms with van der Waals surface area (Å²) in [5, 5.41) is 11.5. The number of aryl methyl sites for hydroxylation is 3. The average molecular weight is 438 g/mol. The first-order valence-electron chi connectivity index (χ1n) is 11.2. The third-order valence-electron chi connectivity index (χ3n) is 5.85. The Bertz CT molecular complexity index is 1040. The molecule has 0 aliphatic carbocycles. The predicted molar refractivity (Wildman–Crippen MR) is 123 cm³/mol. The van der Waals surface area contributed by atoms with E-state index in [1.165, 1.54) is 11.1 Å². The summed E-state index contributed by atoms with van der Waals surface area (Å²) in [6, 6.07) is 11.5. The topological polar surface area (TPSA) is 81.5 Å². The Balaban J connectivity index is 1.19. The van der Waals surface area contributed by atoms with E-state index in [9.17, 15) is 4.79 Å². The molecule has 1 fully saturated rings. The number of nitrogens with one attached hydrogen (secondary N) is 1. The van der Waals surface area contributed by atoms with Crippen LogP contribution >= 0.6 is 0 Å². The Labute approximate surface area is 188 Å². The van der Waals surface area contributed by atoms with Gasteiger partial charge in [0.1, 0.15) is 11.3 Å². The minimum absolute atomic E-state index is 0.0617. The number of hydrogen-bond acceptors (Lipinski definition) is 6. The molecular formula is C24H31N5O3. The molecule has 1 N–H and O–H groups in total. The maximum absolute atomic E-state index is 12.3. The van der Waals surface area contributed by atoms with Gasteiger partial charge in [0.05, 0.1) is 25.3 Å². The number of carbonyl (C=O) groups excluding carboxylic acids is 1. The quantitative estimate of drug-likeness (QED) is 0.518. The minimum atomic E-state index is -0.0617. The van der Waals surface area contributed by atoms with Crippen LogP contribution in [0, 0.1) is 13.8 Å². The molecule has 8 nitrogen and oxygen atoms in total. The summed E-state index contributed by atoms with van der Waals surface area (Å²) in [7, 11) is 0. The molecule has 1 aliphatic heterocycles. The highest BCUT2D eigenvalue weighted by Gasteiger charge is 2.11. The summed E-state index contributed by atoms with van der Waals surface area (Å²) in [5.41, 5.74) is 5.08. The van der Waals surface area contributed by atoms with Gasteiger partial charge < -0.3 is 14.8 Å². The number of morpholine rings is 1. The van der Waals surface area contributed by atoms with E-state index in [0.29, 0.717) is 18.7 Å². The number of aromatic nitrogens is 3. The smallest absolute Gasteiger partial charge is 0.251 e. The Kier molecular flexibility index (Phi) is 7.34. The maximum Gasteiger partial charge on any atom is 0.251 e. The normalized spacial score (nSPS) is 14.6. The second-order valence-corrected chi connectivity index (χ2v) is 8.17. The number of rotatable bonds is 9. The first-order chi connectivity index (χ1) is 15.6. The van der Waals surface area contributed by atoms with E-state index in [0.717, 1.165) is 62.6 Å². The van der Waals surface area contributed by atoms with Gasteiger partial charge in [0.2, 0.25) is 0 Å². The van der Waals surface area contributed by atoms with Crippen LogP contribution in [0.15, 0.2) is 36.4 Å². The van der Waals surface area contributed by atoms with Gasteiger partial charge in [-0.05, 0) is 61.4 Å². The van der Waals surface area contributed by atoms with Crippen LogP contribution in [0.1, 0.15) is 27.9 Å². The van der Waals surface area contributed by atoms with Gasteiger partial charge in [-0.1, -0.05) is 5.21 Å². The van der Waals surface area contributed by atoms with E-state index in [2.05, 4.69) is 46.5 Å². The molecule has 3 aromatic rings. The van der Waals surface area contributed by atoms with Gasteiger partial charge in [-0.15, -0.1) is 5.10 Å². The van der Waals surface area contributed by atoms with Gasteiger partial charge in [-0.25, -0.2) is 4.68 Å². The van der Waals surface area contributed by atoms with Crippen LogP contribution in [0.25, 0.3) is 11.0 Å². The lowest BCUT2D eigenvalue weighted by Gasteiger charge is -2.26. The van der Waals surface area contributed by atoms with Crippen molar-refractivity contribution in [1.82, 2.24) is 25.2 Å². The van der Waals surface area contributed by atoms with Crippen LogP contribution in [0.2, 0.25) is 0 Å². The van der Waals surface area contributed by atoms with E-state index < -0.39 is 0 Å². The molecule has 1 aliphatic rings. The number of amides is 1. The molecule has 32 heavy (non-hydrogen) atoms. The van der Waals surface area contributed by atoms with Crippen molar-refractivity contribution in [1.29, 1.82) is 0 Å². The molecule has 8 heteroatoms. The van der Waals surface area contributed by atoms with Crippen molar-refractivity contribution in [3.63, 3.8) is 0 Å². The number of benzene rings is 2. The fraction of sp³-hybridized carbons (Fsp3) is 0.458. The summed E-state index contributed by atoms with van der Waals surface area (Å²) in [6.07, 6.45) is 0.815. The van der Waals surface area contributed by atoms with Gasteiger partial charge in [-0.3, -0.25) is 9.69 Å². The molecule has 2 aromatic carbocycles. The van der Waals surface area contributed by atoms with Gasteiger partial charge in [0.15, 0.2) is 0 Å². The fourth-order valence-corrected chi connectivity index (χ4v) is 3.75. The molecule has 4 rings (SSSR count). The van der Waals surface area contributed by atoms with E-state index in [1.54, 1.807) is 12.1 Å². The van der Waals surface area contributed by atoms with E-state index in [1.807, 2.05) is 16.8 Å². The molecule has 0 bridgehead atoms. The minimum Gasteiger partial charge on any atom is -0.494 e. The zero-order chi connectivity index (χ0) is 22.3. The Morgan fingerprint density at radius 2 is 1.84 bits per heavy atom.